The highest BCUT2D eigenvalue weighted by Gasteiger charge is 2.26. The fourth-order valence-corrected chi connectivity index (χ4v) is 5.96. The summed E-state index contributed by atoms with van der Waals surface area (Å²) < 4.78 is 36.6. The highest BCUT2D eigenvalue weighted by molar-refractivity contribution is 6.12. The minimum absolute atomic E-state index is 0.148. The molecular weight excluding hydrogens is 536 g/mol. The van der Waals surface area contributed by atoms with E-state index in [0.29, 0.717) is 34.1 Å². The van der Waals surface area contributed by atoms with E-state index in [4.69, 9.17) is 10.5 Å². The van der Waals surface area contributed by atoms with Crippen molar-refractivity contribution < 1.29 is 18.3 Å². The number of piperidine rings is 1. The van der Waals surface area contributed by atoms with Crippen LogP contribution in [0.1, 0.15) is 59.8 Å². The molecule has 2 atom stereocenters. The number of nitrogens with zero attached hydrogens (tertiary/aromatic N) is 3. The number of alkyl halides is 1. The van der Waals surface area contributed by atoms with Crippen molar-refractivity contribution in [2.75, 3.05) is 18.8 Å². The predicted octanol–water partition coefficient (Wildman–Crippen LogP) is 6.41. The lowest BCUT2D eigenvalue weighted by atomic mass is 9.88. The molecule has 3 N–H and O–H groups in total. The molecule has 0 spiro atoms. The third-order valence-corrected chi connectivity index (χ3v) is 8.42. The third-order valence-electron chi connectivity index (χ3n) is 8.42. The van der Waals surface area contributed by atoms with Gasteiger partial charge in [0.1, 0.15) is 17.4 Å². The molecule has 1 aliphatic carbocycles. The summed E-state index contributed by atoms with van der Waals surface area (Å²) in [4.78, 5) is 19.1. The molecule has 2 aliphatic rings. The largest absolute Gasteiger partial charge is 0.483 e. The zero-order valence-corrected chi connectivity index (χ0v) is 24.0. The molecule has 2 unspecified atom stereocenters. The van der Waals surface area contributed by atoms with E-state index in [2.05, 4.69) is 28.8 Å². The highest BCUT2D eigenvalue weighted by Crippen LogP contribution is 2.34. The molecule has 0 saturated carbocycles. The Bertz CT molecular complexity index is 1690. The van der Waals surface area contributed by atoms with Crippen molar-refractivity contribution in [3.63, 3.8) is 0 Å². The number of halogens is 2. The molecule has 1 fully saturated rings. The first kappa shape index (κ1) is 27.9. The number of aromatic amines is 1. The highest BCUT2D eigenvalue weighted by atomic mass is 19.1. The van der Waals surface area contributed by atoms with E-state index in [1.54, 1.807) is 42.5 Å². The molecule has 2 aromatic heterocycles. The molecule has 1 aliphatic heterocycles. The van der Waals surface area contributed by atoms with Crippen LogP contribution in [0.15, 0.2) is 66.9 Å². The number of nitrogen functional groups attached to an aromatic ring is 1. The summed E-state index contributed by atoms with van der Waals surface area (Å²) >= 11 is 0. The number of likely N-dealkylation sites (tertiary alicyclic amines) is 1. The summed E-state index contributed by atoms with van der Waals surface area (Å²) in [6, 6.07) is 10.8. The van der Waals surface area contributed by atoms with Gasteiger partial charge in [0.05, 0.1) is 23.1 Å². The van der Waals surface area contributed by atoms with Crippen LogP contribution in [0, 0.1) is 12.7 Å². The van der Waals surface area contributed by atoms with E-state index < -0.39 is 12.3 Å². The first-order chi connectivity index (χ1) is 20.2. The second kappa shape index (κ2) is 11.2. The SMILES string of the molecule is Cc1cc(OC2C=CC=CC2F)ccc1-n1ncc(C(=O)c2cc3cc(F)c(C4CCN(C(C)C)CC4)cc3[nH]2)c1N. The molecule has 3 heterocycles. The van der Waals surface area contributed by atoms with Crippen LogP contribution in [0.25, 0.3) is 16.6 Å². The number of allylic oxidation sites excluding steroid dienone is 2. The van der Waals surface area contributed by atoms with Crippen LogP contribution >= 0.6 is 0 Å². The Labute approximate surface area is 243 Å². The number of carbonyl (C=O) groups excluding carboxylic acids is 1. The molecule has 7 nitrogen and oxygen atoms in total. The number of anilines is 1. The maximum absolute atomic E-state index is 15.2. The van der Waals surface area contributed by atoms with Gasteiger partial charge in [-0.3, -0.25) is 4.79 Å². The molecule has 9 heteroatoms. The lowest BCUT2D eigenvalue weighted by Crippen LogP contribution is -2.38. The summed E-state index contributed by atoms with van der Waals surface area (Å²) in [5.74, 6) is 0.280. The molecule has 0 radical (unpaired) electrons. The third kappa shape index (κ3) is 5.25. The Balaban J connectivity index is 1.22. The molecular formula is C33H35F2N5O2. The van der Waals surface area contributed by atoms with E-state index in [0.717, 1.165) is 37.0 Å². The number of aromatic nitrogens is 3. The van der Waals surface area contributed by atoms with E-state index in [1.165, 1.54) is 23.0 Å². The predicted molar refractivity (Wildman–Crippen MR) is 161 cm³/mol. The maximum atomic E-state index is 15.2. The van der Waals surface area contributed by atoms with Gasteiger partial charge in [0, 0.05) is 16.9 Å². The summed E-state index contributed by atoms with van der Waals surface area (Å²) in [6.07, 6.45) is 7.86. The molecule has 6 rings (SSSR count). The summed E-state index contributed by atoms with van der Waals surface area (Å²) in [6.45, 7) is 8.13. The Hall–Kier alpha value is -4.24. The van der Waals surface area contributed by atoms with Crippen molar-refractivity contribution in [2.24, 2.45) is 0 Å². The van der Waals surface area contributed by atoms with Gasteiger partial charge in [-0.15, -0.1) is 0 Å². The van der Waals surface area contributed by atoms with Crippen LogP contribution in [-0.2, 0) is 0 Å². The van der Waals surface area contributed by atoms with Gasteiger partial charge >= 0.3 is 0 Å². The Kier molecular flexibility index (Phi) is 7.45. The average Bonchev–Trinajstić information content (AvgIpc) is 3.56. The Morgan fingerprint density at radius 2 is 1.88 bits per heavy atom. The topological polar surface area (TPSA) is 89.2 Å². The lowest BCUT2D eigenvalue weighted by Gasteiger charge is -2.34. The molecule has 4 aromatic rings. The minimum Gasteiger partial charge on any atom is -0.483 e. The van der Waals surface area contributed by atoms with Crippen LogP contribution in [0.3, 0.4) is 0 Å². The average molecular weight is 572 g/mol. The molecule has 1 saturated heterocycles. The molecule has 0 amide bonds. The van der Waals surface area contributed by atoms with E-state index in [9.17, 15) is 9.18 Å². The summed E-state index contributed by atoms with van der Waals surface area (Å²) in [7, 11) is 0. The fraction of sp³-hybridized carbons (Fsp3) is 0.333. The number of nitrogens with two attached hydrogens (primary N) is 1. The first-order valence-corrected chi connectivity index (χ1v) is 14.4. The molecule has 218 valence electrons. The van der Waals surface area contributed by atoms with Crippen LogP contribution < -0.4 is 10.5 Å². The quantitative estimate of drug-likeness (QED) is 0.250. The van der Waals surface area contributed by atoms with Crippen molar-refractivity contribution in [2.45, 2.75) is 57.8 Å². The number of benzene rings is 2. The standard InChI is InChI=1S/C33H35F2N5O2/c1-19(2)39-12-10-21(11-13-39)24-17-28-22(15-27(24)35)16-29(38-28)32(41)25-18-37-40(33(25)36)30-9-8-23(14-20(30)3)42-31-7-5-4-6-26(31)34/h4-9,14-19,21,26,31,38H,10-13,36H2,1-3H3. The van der Waals surface area contributed by atoms with Crippen molar-refractivity contribution in [3.05, 3.63) is 95.1 Å². The summed E-state index contributed by atoms with van der Waals surface area (Å²) in [5.41, 5.74) is 9.85. The van der Waals surface area contributed by atoms with Gasteiger partial charge in [-0.1, -0.05) is 12.2 Å². The number of carbonyl (C=O) groups is 1. The fourth-order valence-electron chi connectivity index (χ4n) is 5.96. The van der Waals surface area contributed by atoms with Crippen molar-refractivity contribution in [1.29, 1.82) is 0 Å². The van der Waals surface area contributed by atoms with Crippen molar-refractivity contribution in [3.8, 4) is 11.4 Å². The van der Waals surface area contributed by atoms with Crippen LogP contribution in [-0.4, -0.2) is 56.9 Å². The van der Waals surface area contributed by atoms with Crippen LogP contribution in [0.5, 0.6) is 5.75 Å². The number of fused-ring (bicyclic) bond motifs is 1. The molecule has 0 bridgehead atoms. The number of aryl methyl sites for hydroxylation is 1. The zero-order chi connectivity index (χ0) is 29.5. The number of hydrogen-bond donors (Lipinski definition) is 2. The van der Waals surface area contributed by atoms with Crippen molar-refractivity contribution in [1.82, 2.24) is 19.7 Å². The van der Waals surface area contributed by atoms with E-state index in [1.807, 2.05) is 13.0 Å². The van der Waals surface area contributed by atoms with Crippen molar-refractivity contribution >= 4 is 22.5 Å². The minimum atomic E-state index is -1.22. The van der Waals surface area contributed by atoms with Gasteiger partial charge in [0.25, 0.3) is 0 Å². The first-order valence-electron chi connectivity index (χ1n) is 14.4. The monoisotopic (exact) mass is 571 g/mol. The number of ether oxygens (including phenoxy) is 1. The molecule has 2 aromatic carbocycles. The zero-order valence-electron chi connectivity index (χ0n) is 24.0. The van der Waals surface area contributed by atoms with E-state index >= 15 is 4.39 Å². The van der Waals surface area contributed by atoms with Gasteiger partial charge in [-0.25, -0.2) is 13.5 Å². The number of hydrogen-bond acceptors (Lipinski definition) is 5. The van der Waals surface area contributed by atoms with Gasteiger partial charge in [0.2, 0.25) is 5.78 Å². The number of rotatable bonds is 7. The molecule has 42 heavy (non-hydrogen) atoms. The maximum Gasteiger partial charge on any atom is 0.214 e. The van der Waals surface area contributed by atoms with Gasteiger partial charge in [0.15, 0.2) is 12.3 Å². The lowest BCUT2D eigenvalue weighted by molar-refractivity contribution is 0.103. The van der Waals surface area contributed by atoms with Gasteiger partial charge in [-0.05, 0) is 112 Å². The van der Waals surface area contributed by atoms with Gasteiger partial charge in [-0.2, -0.15) is 5.10 Å². The second-order valence-corrected chi connectivity index (χ2v) is 11.5. The van der Waals surface area contributed by atoms with Crippen LogP contribution in [0.4, 0.5) is 14.6 Å². The number of ketones is 1. The summed E-state index contributed by atoms with van der Waals surface area (Å²) in [5, 5.41) is 5.02. The second-order valence-electron chi connectivity index (χ2n) is 11.5. The number of nitrogens with one attached hydrogen (secondary N) is 1. The Morgan fingerprint density at radius 1 is 1.12 bits per heavy atom. The van der Waals surface area contributed by atoms with Crippen LogP contribution in [0.2, 0.25) is 0 Å². The number of H-pyrrole nitrogens is 1. The smallest absolute Gasteiger partial charge is 0.214 e. The Morgan fingerprint density at radius 3 is 2.60 bits per heavy atom. The normalized spacial score (nSPS) is 19.7. The van der Waals surface area contributed by atoms with Gasteiger partial charge < -0.3 is 20.4 Å². The van der Waals surface area contributed by atoms with E-state index in [-0.39, 0.29) is 28.9 Å².